The minimum Gasteiger partial charge on any atom is -0.316 e. The lowest BCUT2D eigenvalue weighted by atomic mass is 9.83. The molecular weight excluding hydrogens is 246 g/mol. The van der Waals surface area contributed by atoms with Crippen LogP contribution in [0.4, 0.5) is 0 Å². The Morgan fingerprint density at radius 3 is 2.56 bits per heavy atom. The van der Waals surface area contributed by atoms with Crippen molar-refractivity contribution in [3.8, 4) is 0 Å². The van der Waals surface area contributed by atoms with E-state index in [9.17, 15) is 8.42 Å². The van der Waals surface area contributed by atoms with E-state index in [4.69, 9.17) is 0 Å². The molecule has 0 radical (unpaired) electrons. The second kappa shape index (κ2) is 7.49. The number of hydrogen-bond acceptors (Lipinski definition) is 3. The van der Waals surface area contributed by atoms with E-state index in [0.29, 0.717) is 29.3 Å². The molecule has 3 nitrogen and oxygen atoms in total. The summed E-state index contributed by atoms with van der Waals surface area (Å²) in [5.41, 5.74) is 0. The summed E-state index contributed by atoms with van der Waals surface area (Å²) in [5.74, 6) is 2.43. The van der Waals surface area contributed by atoms with E-state index in [1.54, 1.807) is 0 Å². The van der Waals surface area contributed by atoms with Crippen LogP contribution in [0.25, 0.3) is 0 Å². The van der Waals surface area contributed by atoms with Crippen LogP contribution in [0.2, 0.25) is 0 Å². The normalized spacial score (nSPS) is 26.1. The molecule has 18 heavy (non-hydrogen) atoms. The molecular formula is C14H29NO2S. The van der Waals surface area contributed by atoms with Gasteiger partial charge in [-0.3, -0.25) is 0 Å². The molecule has 1 heterocycles. The van der Waals surface area contributed by atoms with Gasteiger partial charge in [-0.2, -0.15) is 0 Å². The average molecular weight is 275 g/mol. The lowest BCUT2D eigenvalue weighted by Gasteiger charge is -2.25. The van der Waals surface area contributed by atoms with E-state index < -0.39 is 9.84 Å². The molecule has 3 unspecified atom stereocenters. The van der Waals surface area contributed by atoms with E-state index in [0.717, 1.165) is 32.4 Å². The van der Waals surface area contributed by atoms with Gasteiger partial charge < -0.3 is 5.32 Å². The van der Waals surface area contributed by atoms with Crippen LogP contribution in [0.3, 0.4) is 0 Å². The maximum Gasteiger partial charge on any atom is 0.150 e. The van der Waals surface area contributed by atoms with E-state index >= 15 is 0 Å². The maximum atomic E-state index is 11.6. The van der Waals surface area contributed by atoms with Gasteiger partial charge in [-0.25, -0.2) is 8.42 Å². The molecule has 1 aliphatic rings. The Balaban J connectivity index is 2.53. The highest BCUT2D eigenvalue weighted by molar-refractivity contribution is 7.91. The second-order valence-electron chi connectivity index (χ2n) is 5.88. The minimum atomic E-state index is -2.74. The molecule has 4 heteroatoms. The van der Waals surface area contributed by atoms with Crippen LogP contribution in [-0.2, 0) is 9.84 Å². The Kier molecular flexibility index (Phi) is 6.64. The Morgan fingerprint density at radius 2 is 2.06 bits per heavy atom. The summed E-state index contributed by atoms with van der Waals surface area (Å²) >= 11 is 0. The van der Waals surface area contributed by atoms with Crippen molar-refractivity contribution in [1.29, 1.82) is 0 Å². The summed E-state index contributed by atoms with van der Waals surface area (Å²) in [5, 5.41) is 3.47. The predicted molar refractivity (Wildman–Crippen MR) is 77.5 cm³/mol. The first kappa shape index (κ1) is 16.0. The van der Waals surface area contributed by atoms with Gasteiger partial charge in [-0.15, -0.1) is 0 Å². The van der Waals surface area contributed by atoms with Gasteiger partial charge in [-0.05, 0) is 50.1 Å². The first-order chi connectivity index (χ1) is 8.48. The highest BCUT2D eigenvalue weighted by Crippen LogP contribution is 2.30. The highest BCUT2D eigenvalue weighted by atomic mass is 32.2. The molecule has 1 rings (SSSR count). The smallest absolute Gasteiger partial charge is 0.150 e. The van der Waals surface area contributed by atoms with Crippen LogP contribution in [0.5, 0.6) is 0 Å². The van der Waals surface area contributed by atoms with Gasteiger partial charge in [0.2, 0.25) is 0 Å². The molecule has 0 spiro atoms. The molecule has 0 aliphatic carbocycles. The number of hydrogen-bond donors (Lipinski definition) is 1. The van der Waals surface area contributed by atoms with Crippen molar-refractivity contribution in [2.45, 2.75) is 46.5 Å². The fraction of sp³-hybridized carbons (Fsp3) is 1.00. The lowest BCUT2D eigenvalue weighted by molar-refractivity contribution is 0.280. The SMILES string of the molecule is CCCNCC(CC(C)CC)C1CCS(=O)(=O)C1. The van der Waals surface area contributed by atoms with Crippen LogP contribution < -0.4 is 5.32 Å². The maximum absolute atomic E-state index is 11.6. The average Bonchev–Trinajstić information content (AvgIpc) is 2.68. The minimum absolute atomic E-state index is 0.383. The molecule has 0 saturated carbocycles. The third-order valence-electron chi connectivity index (χ3n) is 4.17. The van der Waals surface area contributed by atoms with Crippen molar-refractivity contribution in [3.05, 3.63) is 0 Å². The van der Waals surface area contributed by atoms with Gasteiger partial charge >= 0.3 is 0 Å². The van der Waals surface area contributed by atoms with Crippen molar-refractivity contribution in [1.82, 2.24) is 5.32 Å². The van der Waals surface area contributed by atoms with Crippen LogP contribution in [0.1, 0.15) is 46.5 Å². The quantitative estimate of drug-likeness (QED) is 0.692. The summed E-state index contributed by atoms with van der Waals surface area (Å²) in [7, 11) is -2.74. The Labute approximate surface area is 113 Å². The van der Waals surface area contributed by atoms with Crippen molar-refractivity contribution in [3.63, 3.8) is 0 Å². The number of rotatable bonds is 8. The fourth-order valence-electron chi connectivity index (χ4n) is 2.79. The number of nitrogens with one attached hydrogen (secondary N) is 1. The Hall–Kier alpha value is -0.0900. The number of sulfone groups is 1. The highest BCUT2D eigenvalue weighted by Gasteiger charge is 2.33. The zero-order valence-corrected chi connectivity index (χ0v) is 12.9. The standard InChI is InChI=1S/C14H29NO2S/c1-4-7-15-10-14(9-12(3)5-2)13-6-8-18(16,17)11-13/h12-15H,4-11H2,1-3H3. The molecule has 0 bridgehead atoms. The summed E-state index contributed by atoms with van der Waals surface area (Å²) in [4.78, 5) is 0. The predicted octanol–water partition coefficient (Wildman–Crippen LogP) is 2.47. The van der Waals surface area contributed by atoms with E-state index in [-0.39, 0.29) is 0 Å². The van der Waals surface area contributed by atoms with Crippen LogP contribution >= 0.6 is 0 Å². The molecule has 0 aromatic carbocycles. The van der Waals surface area contributed by atoms with E-state index in [2.05, 4.69) is 26.1 Å². The van der Waals surface area contributed by atoms with Crippen LogP contribution in [-0.4, -0.2) is 33.0 Å². The summed E-state index contributed by atoms with van der Waals surface area (Å²) < 4.78 is 23.2. The van der Waals surface area contributed by atoms with Crippen molar-refractivity contribution in [2.75, 3.05) is 24.6 Å². The molecule has 1 saturated heterocycles. The Bertz CT molecular complexity index is 327. The second-order valence-corrected chi connectivity index (χ2v) is 8.11. The zero-order chi connectivity index (χ0) is 13.6. The largest absolute Gasteiger partial charge is 0.316 e. The van der Waals surface area contributed by atoms with Crippen molar-refractivity contribution < 1.29 is 8.42 Å². The third kappa shape index (κ3) is 5.27. The first-order valence-corrected chi connectivity index (χ1v) is 9.21. The zero-order valence-electron chi connectivity index (χ0n) is 12.1. The van der Waals surface area contributed by atoms with Gasteiger partial charge in [0.1, 0.15) is 0 Å². The van der Waals surface area contributed by atoms with Gasteiger partial charge in [0.05, 0.1) is 11.5 Å². The lowest BCUT2D eigenvalue weighted by Crippen LogP contribution is -2.30. The molecule has 0 amide bonds. The summed E-state index contributed by atoms with van der Waals surface area (Å²) in [6.45, 7) is 8.68. The monoisotopic (exact) mass is 275 g/mol. The first-order valence-electron chi connectivity index (χ1n) is 7.39. The van der Waals surface area contributed by atoms with Gasteiger partial charge in [0, 0.05) is 0 Å². The van der Waals surface area contributed by atoms with Crippen LogP contribution in [0.15, 0.2) is 0 Å². The Morgan fingerprint density at radius 1 is 1.33 bits per heavy atom. The van der Waals surface area contributed by atoms with E-state index in [1.165, 1.54) is 6.42 Å². The van der Waals surface area contributed by atoms with E-state index in [1.807, 2.05) is 0 Å². The van der Waals surface area contributed by atoms with Gasteiger partial charge in [0.25, 0.3) is 0 Å². The molecule has 0 aromatic rings. The molecule has 3 atom stereocenters. The van der Waals surface area contributed by atoms with Crippen molar-refractivity contribution >= 4 is 9.84 Å². The molecule has 1 N–H and O–H groups in total. The van der Waals surface area contributed by atoms with Gasteiger partial charge in [-0.1, -0.05) is 27.2 Å². The summed E-state index contributed by atoms with van der Waals surface area (Å²) in [6.07, 6.45) is 4.35. The van der Waals surface area contributed by atoms with Crippen molar-refractivity contribution in [2.24, 2.45) is 17.8 Å². The van der Waals surface area contributed by atoms with Crippen LogP contribution in [0, 0.1) is 17.8 Å². The molecule has 108 valence electrons. The topological polar surface area (TPSA) is 46.2 Å². The third-order valence-corrected chi connectivity index (χ3v) is 5.96. The molecule has 1 fully saturated rings. The molecule has 0 aromatic heterocycles. The summed E-state index contributed by atoms with van der Waals surface area (Å²) in [6, 6.07) is 0. The fourth-order valence-corrected chi connectivity index (χ4v) is 4.71. The molecule has 1 aliphatic heterocycles. The van der Waals surface area contributed by atoms with Gasteiger partial charge in [0.15, 0.2) is 9.84 Å².